The molecule has 3 aromatic rings. The van der Waals surface area contributed by atoms with Gasteiger partial charge in [-0.2, -0.15) is 0 Å². The van der Waals surface area contributed by atoms with E-state index >= 15 is 0 Å². The molecule has 7 heteroatoms. The van der Waals surface area contributed by atoms with Crippen molar-refractivity contribution in [2.75, 3.05) is 13.1 Å². The van der Waals surface area contributed by atoms with Crippen LogP contribution in [0.3, 0.4) is 0 Å². The third kappa shape index (κ3) is 3.52. The first-order valence-corrected chi connectivity index (χ1v) is 9.55. The molecule has 0 spiro atoms. The number of rotatable bonds is 4. The van der Waals surface area contributed by atoms with Crippen LogP contribution in [0.25, 0.3) is 16.9 Å². The number of imidazole rings is 1. The van der Waals surface area contributed by atoms with E-state index < -0.39 is 0 Å². The molecule has 0 bridgehead atoms. The SMILES string of the molecule is CC(Oc1ccc2ncc(-c3ccc(Cl)cc3Cl)n2n1)C1CCCNC1. The first-order valence-electron chi connectivity index (χ1n) is 8.79. The van der Waals surface area contributed by atoms with Crippen LogP contribution in [0.2, 0.25) is 10.0 Å². The topological polar surface area (TPSA) is 51.5 Å². The normalized spacial score (nSPS) is 18.8. The molecule has 1 fully saturated rings. The highest BCUT2D eigenvalue weighted by molar-refractivity contribution is 6.36. The Morgan fingerprint density at radius 3 is 2.92 bits per heavy atom. The number of aromatic nitrogens is 3. The zero-order valence-electron chi connectivity index (χ0n) is 14.5. The van der Waals surface area contributed by atoms with Crippen LogP contribution in [-0.4, -0.2) is 33.8 Å². The van der Waals surface area contributed by atoms with Gasteiger partial charge in [0.15, 0.2) is 5.65 Å². The van der Waals surface area contributed by atoms with E-state index in [0.717, 1.165) is 30.0 Å². The molecule has 5 nitrogen and oxygen atoms in total. The summed E-state index contributed by atoms with van der Waals surface area (Å²) < 4.78 is 7.88. The summed E-state index contributed by atoms with van der Waals surface area (Å²) in [5, 5.41) is 9.22. The summed E-state index contributed by atoms with van der Waals surface area (Å²) >= 11 is 12.4. The molecule has 1 N–H and O–H groups in total. The standard InChI is InChI=1S/C19H20Cl2N4O/c1-12(13-3-2-8-22-10-13)26-19-7-6-18-23-11-17(25(18)24-19)15-5-4-14(20)9-16(15)21/h4-7,9,11-13,22H,2-3,8,10H2,1H3. The van der Waals surface area contributed by atoms with Crippen molar-refractivity contribution in [2.24, 2.45) is 5.92 Å². The van der Waals surface area contributed by atoms with Crippen LogP contribution >= 0.6 is 23.2 Å². The van der Waals surface area contributed by atoms with Gasteiger partial charge < -0.3 is 10.1 Å². The minimum Gasteiger partial charge on any atom is -0.473 e. The molecule has 1 aromatic carbocycles. The second-order valence-electron chi connectivity index (χ2n) is 6.64. The lowest BCUT2D eigenvalue weighted by atomic mass is 9.95. The summed E-state index contributed by atoms with van der Waals surface area (Å²) in [5.41, 5.74) is 2.38. The smallest absolute Gasteiger partial charge is 0.232 e. The zero-order valence-corrected chi connectivity index (χ0v) is 16.0. The Balaban J connectivity index is 1.64. The molecule has 1 aliphatic rings. The van der Waals surface area contributed by atoms with Gasteiger partial charge in [0.05, 0.1) is 16.9 Å². The monoisotopic (exact) mass is 390 g/mol. The molecule has 0 saturated carbocycles. The molecular weight excluding hydrogens is 371 g/mol. The zero-order chi connectivity index (χ0) is 18.1. The van der Waals surface area contributed by atoms with E-state index in [1.807, 2.05) is 18.2 Å². The van der Waals surface area contributed by atoms with Crippen molar-refractivity contribution in [1.82, 2.24) is 19.9 Å². The minimum atomic E-state index is 0.0961. The third-order valence-electron chi connectivity index (χ3n) is 4.85. The van der Waals surface area contributed by atoms with Crippen molar-refractivity contribution < 1.29 is 4.74 Å². The van der Waals surface area contributed by atoms with Gasteiger partial charge in [-0.15, -0.1) is 5.10 Å². The maximum atomic E-state index is 6.36. The highest BCUT2D eigenvalue weighted by atomic mass is 35.5. The van der Waals surface area contributed by atoms with Gasteiger partial charge in [-0.05, 0) is 50.6 Å². The van der Waals surface area contributed by atoms with Gasteiger partial charge in [0, 0.05) is 29.1 Å². The third-order valence-corrected chi connectivity index (χ3v) is 5.40. The summed E-state index contributed by atoms with van der Waals surface area (Å²) in [4.78, 5) is 4.41. The second-order valence-corrected chi connectivity index (χ2v) is 7.48. The van der Waals surface area contributed by atoms with E-state index in [-0.39, 0.29) is 6.10 Å². The van der Waals surface area contributed by atoms with Gasteiger partial charge >= 0.3 is 0 Å². The first-order chi connectivity index (χ1) is 12.6. The van der Waals surface area contributed by atoms with Crippen molar-refractivity contribution in [3.8, 4) is 17.1 Å². The van der Waals surface area contributed by atoms with E-state index in [4.69, 9.17) is 27.9 Å². The van der Waals surface area contributed by atoms with E-state index in [1.54, 1.807) is 22.8 Å². The lowest BCUT2D eigenvalue weighted by Crippen LogP contribution is -2.38. The van der Waals surface area contributed by atoms with E-state index in [2.05, 4.69) is 22.3 Å². The number of halogens is 2. The average molecular weight is 391 g/mol. The number of nitrogens with one attached hydrogen (secondary N) is 1. The molecule has 4 rings (SSSR count). The molecule has 0 radical (unpaired) electrons. The van der Waals surface area contributed by atoms with E-state index in [1.165, 1.54) is 12.8 Å². The lowest BCUT2D eigenvalue weighted by Gasteiger charge is -2.28. The van der Waals surface area contributed by atoms with Crippen LogP contribution in [0.15, 0.2) is 36.5 Å². The Morgan fingerprint density at radius 1 is 1.27 bits per heavy atom. The Bertz CT molecular complexity index is 921. The summed E-state index contributed by atoms with van der Waals surface area (Å²) in [5.74, 6) is 1.08. The van der Waals surface area contributed by atoms with Gasteiger partial charge in [0.25, 0.3) is 0 Å². The van der Waals surface area contributed by atoms with E-state index in [9.17, 15) is 0 Å². The Hall–Kier alpha value is -1.82. The van der Waals surface area contributed by atoms with Crippen LogP contribution in [0.1, 0.15) is 19.8 Å². The molecule has 3 heterocycles. The molecule has 2 aromatic heterocycles. The fourth-order valence-electron chi connectivity index (χ4n) is 3.37. The molecule has 136 valence electrons. The van der Waals surface area contributed by atoms with Gasteiger partial charge in [-0.1, -0.05) is 23.2 Å². The maximum Gasteiger partial charge on any atom is 0.232 e. The lowest BCUT2D eigenvalue weighted by molar-refractivity contribution is 0.124. The highest BCUT2D eigenvalue weighted by Gasteiger charge is 2.22. The Morgan fingerprint density at radius 2 is 2.15 bits per heavy atom. The van der Waals surface area contributed by atoms with Crippen LogP contribution in [-0.2, 0) is 0 Å². The Kier molecular flexibility index (Phi) is 5.02. The average Bonchev–Trinajstić information content (AvgIpc) is 3.05. The minimum absolute atomic E-state index is 0.0961. The van der Waals surface area contributed by atoms with Gasteiger partial charge in [0.1, 0.15) is 6.10 Å². The van der Waals surface area contributed by atoms with Crippen molar-refractivity contribution in [3.63, 3.8) is 0 Å². The first kappa shape index (κ1) is 17.6. The fraction of sp³-hybridized carbons (Fsp3) is 0.368. The van der Waals surface area contributed by atoms with Crippen molar-refractivity contribution >= 4 is 28.8 Å². The predicted octanol–water partition coefficient (Wildman–Crippen LogP) is 4.47. The number of hydrogen-bond donors (Lipinski definition) is 1. The number of hydrogen-bond acceptors (Lipinski definition) is 4. The van der Waals surface area contributed by atoms with Crippen LogP contribution < -0.4 is 10.1 Å². The molecule has 1 aliphatic heterocycles. The number of ether oxygens (including phenoxy) is 1. The fourth-order valence-corrected chi connectivity index (χ4v) is 3.87. The molecule has 0 aliphatic carbocycles. The van der Waals surface area contributed by atoms with E-state index in [0.29, 0.717) is 21.8 Å². The van der Waals surface area contributed by atoms with Crippen molar-refractivity contribution in [2.45, 2.75) is 25.9 Å². The second kappa shape index (κ2) is 7.43. The van der Waals surface area contributed by atoms with Crippen LogP contribution in [0.4, 0.5) is 0 Å². The quantitative estimate of drug-likeness (QED) is 0.713. The predicted molar refractivity (Wildman–Crippen MR) is 104 cm³/mol. The van der Waals surface area contributed by atoms with Crippen molar-refractivity contribution in [1.29, 1.82) is 0 Å². The van der Waals surface area contributed by atoms with Gasteiger partial charge in [-0.25, -0.2) is 9.50 Å². The molecule has 2 atom stereocenters. The number of piperidine rings is 1. The summed E-state index contributed by atoms with van der Waals surface area (Å²) in [6.45, 7) is 4.18. The Labute approximate surface area is 162 Å². The molecule has 2 unspecified atom stereocenters. The summed E-state index contributed by atoms with van der Waals surface area (Å²) in [6.07, 6.45) is 4.22. The van der Waals surface area contributed by atoms with Crippen LogP contribution in [0, 0.1) is 5.92 Å². The summed E-state index contributed by atoms with van der Waals surface area (Å²) in [6, 6.07) is 9.17. The number of nitrogens with zero attached hydrogens (tertiary/aromatic N) is 3. The maximum absolute atomic E-state index is 6.36. The number of benzene rings is 1. The largest absolute Gasteiger partial charge is 0.473 e. The molecule has 26 heavy (non-hydrogen) atoms. The van der Waals surface area contributed by atoms with Crippen LogP contribution in [0.5, 0.6) is 5.88 Å². The summed E-state index contributed by atoms with van der Waals surface area (Å²) in [7, 11) is 0. The number of fused-ring (bicyclic) bond motifs is 1. The van der Waals surface area contributed by atoms with Gasteiger partial charge in [-0.3, -0.25) is 0 Å². The highest BCUT2D eigenvalue weighted by Crippen LogP contribution is 2.31. The molecule has 0 amide bonds. The van der Waals surface area contributed by atoms with Crippen molar-refractivity contribution in [3.05, 3.63) is 46.6 Å². The molecular formula is C19H20Cl2N4O. The van der Waals surface area contributed by atoms with Gasteiger partial charge in [0.2, 0.25) is 5.88 Å². The molecule has 1 saturated heterocycles.